The average molecular weight is 239 g/mol. The predicted octanol–water partition coefficient (Wildman–Crippen LogP) is 3.45. The Hall–Kier alpha value is -2.42. The number of hydrogen-bond donors (Lipinski definition) is 2. The Morgan fingerprint density at radius 2 is 1.78 bits per heavy atom. The lowest BCUT2D eigenvalue weighted by Gasteiger charge is -2.06. The fraction of sp³-hybridized carbons (Fsp3) is 0.0667. The molecule has 0 aliphatic rings. The first-order valence-corrected chi connectivity index (χ1v) is 5.80. The van der Waals surface area contributed by atoms with Crippen molar-refractivity contribution in [2.45, 2.75) is 6.61 Å². The summed E-state index contributed by atoms with van der Waals surface area (Å²) < 4.78 is 5.62. The lowest BCUT2D eigenvalue weighted by atomic mass is 10.2. The van der Waals surface area contributed by atoms with Gasteiger partial charge < -0.3 is 14.8 Å². The molecule has 0 radical (unpaired) electrons. The van der Waals surface area contributed by atoms with Crippen molar-refractivity contribution in [2.75, 3.05) is 0 Å². The van der Waals surface area contributed by atoms with Crippen molar-refractivity contribution in [1.82, 2.24) is 4.98 Å². The Labute approximate surface area is 105 Å². The molecule has 0 aliphatic heterocycles. The number of rotatable bonds is 3. The molecule has 2 N–H and O–H groups in total. The number of aromatic hydroxyl groups is 1. The number of phenols is 1. The molecule has 3 nitrogen and oxygen atoms in total. The van der Waals surface area contributed by atoms with Crippen LogP contribution in [0.25, 0.3) is 10.9 Å². The molecule has 0 aliphatic carbocycles. The normalized spacial score (nSPS) is 10.7. The molecule has 0 saturated carbocycles. The summed E-state index contributed by atoms with van der Waals surface area (Å²) in [4.78, 5) is 3.20. The predicted molar refractivity (Wildman–Crippen MR) is 70.7 cm³/mol. The van der Waals surface area contributed by atoms with Gasteiger partial charge in [-0.15, -0.1) is 0 Å². The quantitative estimate of drug-likeness (QED) is 0.735. The van der Waals surface area contributed by atoms with E-state index in [0.717, 1.165) is 16.5 Å². The summed E-state index contributed by atoms with van der Waals surface area (Å²) in [6.07, 6.45) is 1.94. The molecule has 1 aromatic heterocycles. The topological polar surface area (TPSA) is 45.2 Å². The second-order valence-corrected chi connectivity index (χ2v) is 4.12. The number of benzene rings is 2. The molecule has 1 heterocycles. The highest BCUT2D eigenvalue weighted by Gasteiger charge is 2.05. The van der Waals surface area contributed by atoms with Crippen molar-refractivity contribution >= 4 is 10.9 Å². The summed E-state index contributed by atoms with van der Waals surface area (Å²) in [6.45, 7) is 0.432. The number of hydrogen-bond acceptors (Lipinski definition) is 2. The number of phenolic OH excluding ortho intramolecular Hbond substituents is 1. The number of aromatic amines is 1. The molecule has 18 heavy (non-hydrogen) atoms. The second-order valence-electron chi connectivity index (χ2n) is 4.12. The minimum absolute atomic E-state index is 0.164. The van der Waals surface area contributed by atoms with E-state index in [1.807, 2.05) is 30.5 Å². The van der Waals surface area contributed by atoms with E-state index in [2.05, 4.69) is 11.1 Å². The first-order valence-electron chi connectivity index (χ1n) is 5.80. The molecule has 0 saturated heterocycles. The molecule has 0 fully saturated rings. The molecule has 3 heteroatoms. The van der Waals surface area contributed by atoms with Gasteiger partial charge in [0, 0.05) is 22.7 Å². The zero-order valence-corrected chi connectivity index (χ0v) is 9.76. The Bertz CT molecular complexity index is 673. The Morgan fingerprint density at radius 3 is 2.67 bits per heavy atom. The van der Waals surface area contributed by atoms with Crippen LogP contribution in [0.15, 0.2) is 54.7 Å². The van der Waals surface area contributed by atoms with Crippen molar-refractivity contribution in [3.8, 4) is 11.5 Å². The van der Waals surface area contributed by atoms with Crippen LogP contribution in [0, 0.1) is 0 Å². The maximum Gasteiger partial charge on any atom is 0.161 e. The summed E-state index contributed by atoms with van der Waals surface area (Å²) in [5.41, 5.74) is 2.17. The van der Waals surface area contributed by atoms with Gasteiger partial charge in [0.1, 0.15) is 6.61 Å². The highest BCUT2D eigenvalue weighted by Crippen LogP contribution is 2.26. The smallest absolute Gasteiger partial charge is 0.161 e. The van der Waals surface area contributed by atoms with E-state index in [4.69, 9.17) is 4.74 Å². The summed E-state index contributed by atoms with van der Waals surface area (Å²) >= 11 is 0. The number of aromatic nitrogens is 1. The van der Waals surface area contributed by atoms with Gasteiger partial charge in [0.2, 0.25) is 0 Å². The minimum Gasteiger partial charge on any atom is -0.504 e. The van der Waals surface area contributed by atoms with Crippen LogP contribution in [0.4, 0.5) is 0 Å². The highest BCUT2D eigenvalue weighted by atomic mass is 16.5. The third-order valence-electron chi connectivity index (χ3n) is 2.92. The van der Waals surface area contributed by atoms with Gasteiger partial charge in [-0.1, -0.05) is 30.3 Å². The molecular weight excluding hydrogens is 226 g/mol. The van der Waals surface area contributed by atoms with Gasteiger partial charge in [0.25, 0.3) is 0 Å². The SMILES string of the molecule is Oc1ccccc1OCc1c[nH]c2ccccc12. The Kier molecular flexibility index (Phi) is 2.65. The summed E-state index contributed by atoms with van der Waals surface area (Å²) in [5, 5.41) is 10.8. The largest absolute Gasteiger partial charge is 0.504 e. The standard InChI is InChI=1S/C15H13NO2/c17-14-7-3-4-8-15(14)18-10-11-9-16-13-6-2-1-5-12(11)13/h1-9,16-17H,10H2. The molecule has 0 atom stereocenters. The lowest BCUT2D eigenvalue weighted by molar-refractivity contribution is 0.290. The van der Waals surface area contributed by atoms with Crippen LogP contribution < -0.4 is 4.74 Å². The van der Waals surface area contributed by atoms with Crippen molar-refractivity contribution < 1.29 is 9.84 Å². The molecule has 2 aromatic carbocycles. The lowest BCUT2D eigenvalue weighted by Crippen LogP contribution is -1.94. The first-order chi connectivity index (χ1) is 8.84. The van der Waals surface area contributed by atoms with Gasteiger partial charge in [-0.05, 0) is 18.2 Å². The third-order valence-corrected chi connectivity index (χ3v) is 2.92. The molecule has 0 spiro atoms. The van der Waals surface area contributed by atoms with Crippen molar-refractivity contribution in [2.24, 2.45) is 0 Å². The van der Waals surface area contributed by atoms with E-state index in [1.54, 1.807) is 18.2 Å². The van der Waals surface area contributed by atoms with E-state index in [0.29, 0.717) is 12.4 Å². The molecular formula is C15H13NO2. The number of nitrogens with one attached hydrogen (secondary N) is 1. The third kappa shape index (κ3) is 1.91. The fourth-order valence-corrected chi connectivity index (χ4v) is 1.99. The van der Waals surface area contributed by atoms with E-state index < -0.39 is 0 Å². The molecule has 90 valence electrons. The van der Waals surface area contributed by atoms with Crippen molar-refractivity contribution in [3.05, 3.63) is 60.3 Å². The van der Waals surface area contributed by atoms with E-state index in [1.165, 1.54) is 0 Å². The van der Waals surface area contributed by atoms with Gasteiger partial charge >= 0.3 is 0 Å². The Balaban J connectivity index is 1.83. The van der Waals surface area contributed by atoms with Crippen LogP contribution in [0.5, 0.6) is 11.5 Å². The number of H-pyrrole nitrogens is 1. The van der Waals surface area contributed by atoms with Crippen LogP contribution in [-0.4, -0.2) is 10.1 Å². The van der Waals surface area contributed by atoms with Gasteiger partial charge in [-0.25, -0.2) is 0 Å². The maximum atomic E-state index is 9.62. The molecule has 3 aromatic rings. The average Bonchev–Trinajstić information content (AvgIpc) is 2.81. The number of para-hydroxylation sites is 3. The van der Waals surface area contributed by atoms with Crippen LogP contribution >= 0.6 is 0 Å². The number of fused-ring (bicyclic) bond motifs is 1. The van der Waals surface area contributed by atoms with Gasteiger partial charge in [-0.2, -0.15) is 0 Å². The van der Waals surface area contributed by atoms with Crippen molar-refractivity contribution in [1.29, 1.82) is 0 Å². The fourth-order valence-electron chi connectivity index (χ4n) is 1.99. The molecule has 3 rings (SSSR count). The van der Waals surface area contributed by atoms with Crippen molar-refractivity contribution in [3.63, 3.8) is 0 Å². The summed E-state index contributed by atoms with van der Waals surface area (Å²) in [5.74, 6) is 0.667. The van der Waals surface area contributed by atoms with Crippen LogP contribution in [-0.2, 0) is 6.61 Å². The monoisotopic (exact) mass is 239 g/mol. The highest BCUT2D eigenvalue weighted by molar-refractivity contribution is 5.82. The van der Waals surface area contributed by atoms with E-state index in [9.17, 15) is 5.11 Å². The zero-order chi connectivity index (χ0) is 12.4. The first kappa shape index (κ1) is 10.7. The molecule has 0 amide bonds. The van der Waals surface area contributed by atoms with E-state index in [-0.39, 0.29) is 5.75 Å². The zero-order valence-electron chi connectivity index (χ0n) is 9.76. The second kappa shape index (κ2) is 4.45. The molecule has 0 unspecified atom stereocenters. The van der Waals surface area contributed by atoms with Gasteiger partial charge in [0.15, 0.2) is 11.5 Å². The van der Waals surface area contributed by atoms with Gasteiger partial charge in [0.05, 0.1) is 0 Å². The van der Waals surface area contributed by atoms with Gasteiger partial charge in [-0.3, -0.25) is 0 Å². The minimum atomic E-state index is 0.164. The maximum absolute atomic E-state index is 9.62. The van der Waals surface area contributed by atoms with E-state index >= 15 is 0 Å². The van der Waals surface area contributed by atoms with Crippen LogP contribution in [0.3, 0.4) is 0 Å². The number of ether oxygens (including phenoxy) is 1. The molecule has 0 bridgehead atoms. The summed E-state index contributed by atoms with van der Waals surface area (Å²) in [7, 11) is 0. The van der Waals surface area contributed by atoms with Crippen LogP contribution in [0.1, 0.15) is 5.56 Å². The Morgan fingerprint density at radius 1 is 1.00 bits per heavy atom. The van der Waals surface area contributed by atoms with Crippen LogP contribution in [0.2, 0.25) is 0 Å². The summed E-state index contributed by atoms with van der Waals surface area (Å²) in [6, 6.07) is 15.0.